The molecule has 1 atom stereocenters. The number of hydrogen-bond acceptors (Lipinski definition) is 2. The third-order valence-corrected chi connectivity index (χ3v) is 4.23. The molecule has 1 amide bonds. The highest BCUT2D eigenvalue weighted by atomic mass is 16.4. The van der Waals surface area contributed by atoms with Crippen molar-refractivity contribution in [3.05, 3.63) is 24.0 Å². The van der Waals surface area contributed by atoms with Crippen LogP contribution < -0.4 is 0 Å². The molecule has 2 fully saturated rings. The van der Waals surface area contributed by atoms with Crippen LogP contribution in [0.1, 0.15) is 36.3 Å². The molecule has 5 heteroatoms. The van der Waals surface area contributed by atoms with Crippen LogP contribution in [0.2, 0.25) is 0 Å². The minimum Gasteiger partial charge on any atom is -0.481 e. The van der Waals surface area contributed by atoms with Gasteiger partial charge in [0.05, 0.1) is 5.92 Å². The lowest BCUT2D eigenvalue weighted by atomic mass is 9.87. The fourth-order valence-electron chi connectivity index (χ4n) is 2.60. The Morgan fingerprint density at radius 1 is 1.37 bits per heavy atom. The molecule has 0 bridgehead atoms. The van der Waals surface area contributed by atoms with E-state index in [-0.39, 0.29) is 17.7 Å². The number of aliphatic carboxylic acids is 1. The highest BCUT2D eigenvalue weighted by molar-refractivity contribution is 5.93. The van der Waals surface area contributed by atoms with Gasteiger partial charge in [-0.2, -0.15) is 0 Å². The first-order valence-electron chi connectivity index (χ1n) is 6.77. The van der Waals surface area contributed by atoms with E-state index in [1.165, 1.54) is 0 Å². The van der Waals surface area contributed by atoms with Crippen molar-refractivity contribution in [3.8, 4) is 0 Å². The number of rotatable bonds is 4. The predicted octanol–water partition coefficient (Wildman–Crippen LogP) is 1.62. The van der Waals surface area contributed by atoms with E-state index in [0.29, 0.717) is 19.1 Å². The van der Waals surface area contributed by atoms with Crippen LogP contribution >= 0.6 is 0 Å². The standard InChI is InChI=1S/C14H18N2O3/c1-9(14(18)19)10-7-15(8-10)13(17)12-3-2-6-16(12)11-4-5-11/h2-3,6,9-11H,4-5,7-8H2,1H3,(H,18,19). The fraction of sp³-hybridized carbons (Fsp3) is 0.571. The molecular weight excluding hydrogens is 244 g/mol. The van der Waals surface area contributed by atoms with Crippen LogP contribution in [0.4, 0.5) is 0 Å². The van der Waals surface area contributed by atoms with Crippen LogP contribution in [0.5, 0.6) is 0 Å². The van der Waals surface area contributed by atoms with E-state index >= 15 is 0 Å². The molecule has 3 rings (SSSR count). The molecule has 0 radical (unpaired) electrons. The van der Waals surface area contributed by atoms with Crippen LogP contribution in [0.3, 0.4) is 0 Å². The summed E-state index contributed by atoms with van der Waals surface area (Å²) in [5.74, 6) is -1.03. The number of amides is 1. The smallest absolute Gasteiger partial charge is 0.306 e. The van der Waals surface area contributed by atoms with Crippen molar-refractivity contribution in [2.45, 2.75) is 25.8 Å². The minimum atomic E-state index is -0.779. The first kappa shape index (κ1) is 12.3. The summed E-state index contributed by atoms with van der Waals surface area (Å²) < 4.78 is 2.05. The van der Waals surface area contributed by atoms with E-state index in [1.807, 2.05) is 18.3 Å². The third kappa shape index (κ3) is 2.13. The number of carbonyl (C=O) groups excluding carboxylic acids is 1. The zero-order valence-corrected chi connectivity index (χ0v) is 11.0. The number of carboxylic acid groups (broad SMARTS) is 1. The van der Waals surface area contributed by atoms with E-state index in [0.717, 1.165) is 18.5 Å². The summed E-state index contributed by atoms with van der Waals surface area (Å²) in [5, 5.41) is 8.94. The Bertz CT molecular complexity index is 513. The molecular formula is C14H18N2O3. The molecule has 2 aliphatic rings. The van der Waals surface area contributed by atoms with Gasteiger partial charge in [0.15, 0.2) is 0 Å². The van der Waals surface area contributed by atoms with E-state index in [2.05, 4.69) is 4.57 Å². The lowest BCUT2D eigenvalue weighted by Gasteiger charge is -2.41. The van der Waals surface area contributed by atoms with Gasteiger partial charge in [-0.15, -0.1) is 0 Å². The van der Waals surface area contributed by atoms with E-state index in [9.17, 15) is 9.59 Å². The average Bonchev–Trinajstić information content (AvgIpc) is 3.04. The molecule has 0 spiro atoms. The number of likely N-dealkylation sites (tertiary alicyclic amines) is 1. The lowest BCUT2D eigenvalue weighted by Crippen LogP contribution is -2.53. The number of hydrogen-bond donors (Lipinski definition) is 1. The van der Waals surface area contributed by atoms with Gasteiger partial charge in [0, 0.05) is 31.2 Å². The van der Waals surface area contributed by atoms with Gasteiger partial charge >= 0.3 is 5.97 Å². The van der Waals surface area contributed by atoms with Crippen molar-refractivity contribution >= 4 is 11.9 Å². The van der Waals surface area contributed by atoms with Crippen LogP contribution in [0, 0.1) is 11.8 Å². The molecule has 1 saturated carbocycles. The molecule has 1 unspecified atom stereocenters. The molecule has 1 saturated heterocycles. The predicted molar refractivity (Wildman–Crippen MR) is 68.9 cm³/mol. The van der Waals surface area contributed by atoms with Gasteiger partial charge in [-0.3, -0.25) is 9.59 Å². The Kier molecular flexibility index (Phi) is 2.84. The highest BCUT2D eigenvalue weighted by Gasteiger charge is 2.38. The molecule has 1 aliphatic heterocycles. The zero-order valence-electron chi connectivity index (χ0n) is 11.0. The monoisotopic (exact) mass is 262 g/mol. The Morgan fingerprint density at radius 3 is 2.63 bits per heavy atom. The molecule has 1 aromatic heterocycles. The third-order valence-electron chi connectivity index (χ3n) is 4.23. The second-order valence-corrected chi connectivity index (χ2v) is 5.63. The van der Waals surface area contributed by atoms with Crippen LogP contribution in [-0.4, -0.2) is 39.5 Å². The van der Waals surface area contributed by atoms with Crippen molar-refractivity contribution in [1.29, 1.82) is 0 Å². The Hall–Kier alpha value is -1.78. The van der Waals surface area contributed by atoms with E-state index in [1.54, 1.807) is 11.8 Å². The highest BCUT2D eigenvalue weighted by Crippen LogP contribution is 2.36. The quantitative estimate of drug-likeness (QED) is 0.896. The molecule has 19 heavy (non-hydrogen) atoms. The zero-order chi connectivity index (χ0) is 13.6. The second kappa shape index (κ2) is 4.40. The van der Waals surface area contributed by atoms with Gasteiger partial charge in [-0.1, -0.05) is 6.92 Å². The summed E-state index contributed by atoms with van der Waals surface area (Å²) in [6, 6.07) is 4.25. The van der Waals surface area contributed by atoms with Gasteiger partial charge < -0.3 is 14.6 Å². The van der Waals surface area contributed by atoms with Gasteiger partial charge in [-0.05, 0) is 25.0 Å². The maximum absolute atomic E-state index is 12.3. The number of carbonyl (C=O) groups is 2. The SMILES string of the molecule is CC(C(=O)O)C1CN(C(=O)c2cccn2C2CC2)C1. The average molecular weight is 262 g/mol. The minimum absolute atomic E-state index is 0.0331. The number of nitrogens with zero attached hydrogens (tertiary/aromatic N) is 2. The Morgan fingerprint density at radius 2 is 2.05 bits per heavy atom. The summed E-state index contributed by atoms with van der Waals surface area (Å²) in [6.45, 7) is 2.83. The van der Waals surface area contributed by atoms with Gasteiger partial charge in [-0.25, -0.2) is 0 Å². The van der Waals surface area contributed by atoms with Crippen molar-refractivity contribution in [2.75, 3.05) is 13.1 Å². The number of aromatic nitrogens is 1. The van der Waals surface area contributed by atoms with E-state index in [4.69, 9.17) is 5.11 Å². The van der Waals surface area contributed by atoms with Crippen molar-refractivity contribution < 1.29 is 14.7 Å². The largest absolute Gasteiger partial charge is 0.481 e. The first-order valence-corrected chi connectivity index (χ1v) is 6.77. The van der Waals surface area contributed by atoms with Crippen LogP contribution in [0.15, 0.2) is 18.3 Å². The molecule has 1 aliphatic carbocycles. The molecule has 1 N–H and O–H groups in total. The summed E-state index contributed by atoms with van der Waals surface area (Å²) in [5.41, 5.74) is 0.740. The summed E-state index contributed by atoms with van der Waals surface area (Å²) >= 11 is 0. The first-order chi connectivity index (χ1) is 9.08. The van der Waals surface area contributed by atoms with E-state index < -0.39 is 5.97 Å². The van der Waals surface area contributed by atoms with Crippen molar-refractivity contribution in [2.24, 2.45) is 11.8 Å². The van der Waals surface area contributed by atoms with Crippen LogP contribution in [0.25, 0.3) is 0 Å². The topological polar surface area (TPSA) is 62.5 Å². The van der Waals surface area contributed by atoms with Crippen molar-refractivity contribution in [1.82, 2.24) is 9.47 Å². The summed E-state index contributed by atoms with van der Waals surface area (Å²) in [4.78, 5) is 25.0. The normalized spacial score (nSPS) is 21.0. The molecule has 0 aromatic carbocycles. The fourth-order valence-corrected chi connectivity index (χ4v) is 2.60. The maximum atomic E-state index is 12.3. The molecule has 102 valence electrons. The maximum Gasteiger partial charge on any atom is 0.306 e. The molecule has 1 aromatic rings. The molecule has 2 heterocycles. The summed E-state index contributed by atoms with van der Waals surface area (Å²) in [7, 11) is 0. The summed E-state index contributed by atoms with van der Waals surface area (Å²) in [6.07, 6.45) is 4.25. The molecule has 5 nitrogen and oxygen atoms in total. The Balaban J connectivity index is 1.63. The van der Waals surface area contributed by atoms with Gasteiger partial charge in [0.25, 0.3) is 5.91 Å². The van der Waals surface area contributed by atoms with Crippen molar-refractivity contribution in [3.63, 3.8) is 0 Å². The Labute approximate surface area is 111 Å². The van der Waals surface area contributed by atoms with Crippen LogP contribution in [-0.2, 0) is 4.79 Å². The lowest BCUT2D eigenvalue weighted by molar-refractivity contribution is -0.144. The van der Waals surface area contributed by atoms with Gasteiger partial charge in [0.2, 0.25) is 0 Å². The van der Waals surface area contributed by atoms with Gasteiger partial charge in [0.1, 0.15) is 5.69 Å². The number of carboxylic acids is 1. The second-order valence-electron chi connectivity index (χ2n) is 5.63.